The fourth-order valence-electron chi connectivity index (χ4n) is 3.76. The Morgan fingerprint density at radius 2 is 2.00 bits per heavy atom. The highest BCUT2D eigenvalue weighted by atomic mass is 35.5. The summed E-state index contributed by atoms with van der Waals surface area (Å²) in [5, 5.41) is 8.04. The third kappa shape index (κ3) is 4.61. The Bertz CT molecular complexity index is 1430. The van der Waals surface area contributed by atoms with Crippen LogP contribution in [0.5, 0.6) is 0 Å². The van der Waals surface area contributed by atoms with Gasteiger partial charge in [-0.25, -0.2) is 14.5 Å². The Hall–Kier alpha value is -4.03. The van der Waals surface area contributed by atoms with Crippen molar-refractivity contribution in [3.05, 3.63) is 102 Å². The maximum atomic E-state index is 12.6. The molecule has 0 atom stereocenters. The minimum Gasteiger partial charge on any atom is -0.310 e. The molecule has 1 N–H and O–H groups in total. The van der Waals surface area contributed by atoms with Gasteiger partial charge in [-0.2, -0.15) is 5.10 Å². The van der Waals surface area contributed by atoms with Gasteiger partial charge in [0.2, 0.25) is 5.91 Å². The van der Waals surface area contributed by atoms with Crippen LogP contribution < -0.4 is 5.32 Å². The molecule has 0 saturated heterocycles. The van der Waals surface area contributed by atoms with Crippen LogP contribution in [0.1, 0.15) is 12.8 Å². The Labute approximate surface area is 196 Å². The minimum atomic E-state index is -0.121. The van der Waals surface area contributed by atoms with Crippen LogP contribution in [-0.2, 0) is 4.79 Å². The van der Waals surface area contributed by atoms with Gasteiger partial charge in [0, 0.05) is 28.5 Å². The van der Waals surface area contributed by atoms with Crippen LogP contribution in [0.4, 0.5) is 5.82 Å². The van der Waals surface area contributed by atoms with Crippen LogP contribution in [0, 0.1) is 0 Å². The molecule has 0 saturated carbocycles. The number of imidazole rings is 1. The SMILES string of the molecule is O=C(CC1=CCC=CC=C1)Nc1cc(-c2c(-c3cccc(Cl)c3)nc3cccnn23)ccn1. The third-order valence-electron chi connectivity index (χ3n) is 5.23. The van der Waals surface area contributed by atoms with Crippen LogP contribution in [0.15, 0.2) is 96.9 Å². The van der Waals surface area contributed by atoms with Crippen LogP contribution in [0.3, 0.4) is 0 Å². The zero-order valence-corrected chi connectivity index (χ0v) is 18.4. The number of amides is 1. The molecule has 0 fully saturated rings. The van der Waals surface area contributed by atoms with Crippen LogP contribution in [0.25, 0.3) is 28.2 Å². The number of carbonyl (C=O) groups excluding carboxylic acids is 1. The van der Waals surface area contributed by atoms with Gasteiger partial charge in [0.05, 0.1) is 12.1 Å². The Kier molecular flexibility index (Phi) is 5.83. The minimum absolute atomic E-state index is 0.121. The Balaban J connectivity index is 1.50. The van der Waals surface area contributed by atoms with Crippen LogP contribution >= 0.6 is 11.6 Å². The summed E-state index contributed by atoms with van der Waals surface area (Å²) < 4.78 is 1.78. The molecule has 0 bridgehead atoms. The second kappa shape index (κ2) is 9.22. The molecule has 4 aromatic rings. The van der Waals surface area contributed by atoms with E-state index in [0.717, 1.165) is 34.5 Å². The molecule has 0 unspecified atom stereocenters. The zero-order valence-electron chi connectivity index (χ0n) is 17.6. The molecule has 0 aliphatic heterocycles. The number of pyridine rings is 1. The second-order valence-corrected chi connectivity index (χ2v) is 8.01. The highest BCUT2D eigenvalue weighted by molar-refractivity contribution is 6.30. The molecule has 162 valence electrons. The average molecular weight is 454 g/mol. The third-order valence-corrected chi connectivity index (χ3v) is 5.47. The van der Waals surface area contributed by atoms with Crippen molar-refractivity contribution >= 4 is 29.0 Å². The molecule has 33 heavy (non-hydrogen) atoms. The molecule has 6 nitrogen and oxygen atoms in total. The van der Waals surface area contributed by atoms with E-state index in [-0.39, 0.29) is 12.3 Å². The summed E-state index contributed by atoms with van der Waals surface area (Å²) in [6.07, 6.45) is 14.5. The Morgan fingerprint density at radius 1 is 1.06 bits per heavy atom. The number of anilines is 1. The molecule has 0 radical (unpaired) electrons. The van der Waals surface area contributed by atoms with E-state index in [1.54, 1.807) is 16.9 Å². The van der Waals surface area contributed by atoms with E-state index in [9.17, 15) is 4.79 Å². The van der Waals surface area contributed by atoms with Crippen molar-refractivity contribution in [2.45, 2.75) is 12.8 Å². The molecule has 7 heteroatoms. The van der Waals surface area contributed by atoms with Crippen molar-refractivity contribution in [1.29, 1.82) is 0 Å². The Morgan fingerprint density at radius 3 is 2.91 bits per heavy atom. The van der Waals surface area contributed by atoms with Gasteiger partial charge in [-0.15, -0.1) is 0 Å². The molecule has 1 aromatic carbocycles. The maximum absolute atomic E-state index is 12.6. The molecule has 5 rings (SSSR count). The first-order chi connectivity index (χ1) is 16.2. The van der Waals surface area contributed by atoms with Gasteiger partial charge in [-0.05, 0) is 48.4 Å². The summed E-state index contributed by atoms with van der Waals surface area (Å²) in [7, 11) is 0. The van der Waals surface area contributed by atoms with Crippen molar-refractivity contribution in [2.75, 3.05) is 5.32 Å². The topological polar surface area (TPSA) is 72.2 Å². The number of benzene rings is 1. The van der Waals surface area contributed by atoms with Gasteiger partial charge in [-0.3, -0.25) is 4.79 Å². The van der Waals surface area contributed by atoms with E-state index in [1.165, 1.54) is 0 Å². The van der Waals surface area contributed by atoms with E-state index in [4.69, 9.17) is 16.6 Å². The summed E-state index contributed by atoms with van der Waals surface area (Å²) in [6.45, 7) is 0. The first-order valence-electron chi connectivity index (χ1n) is 10.6. The van der Waals surface area contributed by atoms with Crippen molar-refractivity contribution < 1.29 is 4.79 Å². The monoisotopic (exact) mass is 453 g/mol. The second-order valence-electron chi connectivity index (χ2n) is 7.57. The van der Waals surface area contributed by atoms with E-state index in [0.29, 0.717) is 16.5 Å². The van der Waals surface area contributed by atoms with Crippen molar-refractivity contribution in [3.63, 3.8) is 0 Å². The number of allylic oxidation sites excluding steroid dienone is 5. The fourth-order valence-corrected chi connectivity index (χ4v) is 3.95. The number of halogens is 1. The summed E-state index contributed by atoms with van der Waals surface area (Å²) in [4.78, 5) is 21.8. The molecule has 3 aromatic heterocycles. The van der Waals surface area contributed by atoms with Gasteiger partial charge in [0.15, 0.2) is 5.65 Å². The van der Waals surface area contributed by atoms with Crippen molar-refractivity contribution in [3.8, 4) is 22.5 Å². The normalized spacial score (nSPS) is 13.1. The van der Waals surface area contributed by atoms with Gasteiger partial charge < -0.3 is 5.32 Å². The average Bonchev–Trinajstić information content (AvgIpc) is 3.02. The van der Waals surface area contributed by atoms with Gasteiger partial charge in [0.25, 0.3) is 0 Å². The summed E-state index contributed by atoms with van der Waals surface area (Å²) in [6, 6.07) is 15.0. The first kappa shape index (κ1) is 20.8. The quantitative estimate of drug-likeness (QED) is 0.409. The molecule has 1 aliphatic rings. The number of aromatic nitrogens is 4. The predicted octanol–water partition coefficient (Wildman–Crippen LogP) is 5.88. The molecule has 3 heterocycles. The lowest BCUT2D eigenvalue weighted by Gasteiger charge is -2.09. The highest BCUT2D eigenvalue weighted by Gasteiger charge is 2.18. The van der Waals surface area contributed by atoms with Gasteiger partial charge >= 0.3 is 0 Å². The fraction of sp³-hybridized carbons (Fsp3) is 0.0769. The number of nitrogens with one attached hydrogen (secondary N) is 1. The maximum Gasteiger partial charge on any atom is 0.229 e. The van der Waals surface area contributed by atoms with E-state index in [2.05, 4.69) is 15.4 Å². The zero-order chi connectivity index (χ0) is 22.6. The van der Waals surface area contributed by atoms with Crippen molar-refractivity contribution in [2.24, 2.45) is 0 Å². The van der Waals surface area contributed by atoms with Crippen molar-refractivity contribution in [1.82, 2.24) is 19.6 Å². The predicted molar refractivity (Wildman–Crippen MR) is 131 cm³/mol. The number of fused-ring (bicyclic) bond motifs is 1. The molecular weight excluding hydrogens is 434 g/mol. The number of nitrogens with zero attached hydrogens (tertiary/aromatic N) is 4. The lowest BCUT2D eigenvalue weighted by Crippen LogP contribution is -2.13. The molecule has 0 spiro atoms. The van der Waals surface area contributed by atoms with E-state index < -0.39 is 0 Å². The van der Waals surface area contributed by atoms with Crippen LogP contribution in [0.2, 0.25) is 5.02 Å². The van der Waals surface area contributed by atoms with Gasteiger partial charge in [0.1, 0.15) is 11.5 Å². The van der Waals surface area contributed by atoms with Crippen LogP contribution in [-0.4, -0.2) is 25.5 Å². The number of rotatable bonds is 5. The van der Waals surface area contributed by atoms with Gasteiger partial charge in [-0.1, -0.05) is 54.1 Å². The largest absolute Gasteiger partial charge is 0.310 e. The summed E-state index contributed by atoms with van der Waals surface area (Å²) in [5.41, 5.74) is 4.95. The van der Waals surface area contributed by atoms with E-state index in [1.807, 2.05) is 78.9 Å². The number of hydrogen-bond donors (Lipinski definition) is 1. The summed E-state index contributed by atoms with van der Waals surface area (Å²) in [5.74, 6) is 0.348. The number of carbonyl (C=O) groups is 1. The molecule has 1 aliphatic carbocycles. The highest BCUT2D eigenvalue weighted by Crippen LogP contribution is 2.33. The molecule has 1 amide bonds. The summed E-state index contributed by atoms with van der Waals surface area (Å²) >= 11 is 6.24. The lowest BCUT2D eigenvalue weighted by molar-refractivity contribution is -0.115. The lowest BCUT2D eigenvalue weighted by atomic mass is 10.1. The first-order valence-corrected chi connectivity index (χ1v) is 10.9. The molecular formula is C26H20ClN5O. The van der Waals surface area contributed by atoms with E-state index >= 15 is 0 Å². The number of hydrogen-bond acceptors (Lipinski definition) is 4. The smallest absolute Gasteiger partial charge is 0.229 e. The standard InChI is InChI=1S/C26H20ClN5O/c27-21-10-5-9-19(16-21)25-26(32-23(31-25)11-6-13-29-32)20-12-14-28-22(17-20)30-24(33)15-18-7-3-1-2-4-8-18/h1-3,5-14,16-17H,4,15H2,(H,28,30,33).